The van der Waals surface area contributed by atoms with Gasteiger partial charge in [0.05, 0.1) is 21.9 Å². The Bertz CT molecular complexity index is 340. The highest BCUT2D eigenvalue weighted by molar-refractivity contribution is 9.10. The van der Waals surface area contributed by atoms with Gasteiger partial charge in [0.25, 0.3) is 0 Å². The van der Waals surface area contributed by atoms with Gasteiger partial charge < -0.3 is 5.32 Å². The zero-order valence-electron chi connectivity index (χ0n) is 9.39. The highest BCUT2D eigenvalue weighted by atomic mass is 79.9. The lowest BCUT2D eigenvalue weighted by Gasteiger charge is -2.06. The van der Waals surface area contributed by atoms with E-state index in [1.165, 1.54) is 28.7 Å². The topological polar surface area (TPSA) is 29.9 Å². The van der Waals surface area contributed by atoms with E-state index in [1.54, 1.807) is 0 Å². The van der Waals surface area contributed by atoms with E-state index >= 15 is 0 Å². The van der Waals surface area contributed by atoms with E-state index < -0.39 is 0 Å². The maximum Gasteiger partial charge on any atom is 0.0938 e. The molecular weight excluding hydrogens is 254 g/mol. The first kappa shape index (κ1) is 11.1. The highest BCUT2D eigenvalue weighted by Crippen LogP contribution is 2.31. The Kier molecular flexibility index (Phi) is 3.46. The molecule has 0 spiro atoms. The third-order valence-corrected chi connectivity index (χ3v) is 3.87. The zero-order valence-corrected chi connectivity index (χ0v) is 11.0. The van der Waals surface area contributed by atoms with E-state index in [0.29, 0.717) is 6.04 Å². The van der Waals surface area contributed by atoms with Crippen LogP contribution >= 0.6 is 15.9 Å². The fourth-order valence-corrected chi connectivity index (χ4v) is 3.02. The lowest BCUT2D eigenvalue weighted by molar-refractivity contribution is 0.601. The van der Waals surface area contributed by atoms with Gasteiger partial charge in [0.2, 0.25) is 0 Å². The quantitative estimate of drug-likeness (QED) is 0.916. The lowest BCUT2D eigenvalue weighted by atomic mass is 10.1. The fraction of sp³-hybridized carbons (Fsp3) is 0.727. The van der Waals surface area contributed by atoms with Crippen molar-refractivity contribution in [3.63, 3.8) is 0 Å². The molecule has 2 heterocycles. The molecule has 0 bridgehead atoms. The Labute approximate surface area is 99.4 Å². The molecule has 0 aromatic carbocycles. The molecule has 4 heteroatoms. The number of halogens is 1. The standard InChI is InChI=1S/C11H18BrN3/c1-3-5-9-10(12)11(14-15(9)2)8-6-4-7-13-8/h8,13H,3-7H2,1-2H3. The van der Waals surface area contributed by atoms with Crippen LogP contribution in [0.25, 0.3) is 0 Å². The summed E-state index contributed by atoms with van der Waals surface area (Å²) in [5.74, 6) is 0. The Morgan fingerprint density at radius 1 is 1.60 bits per heavy atom. The lowest BCUT2D eigenvalue weighted by Crippen LogP contribution is -2.14. The predicted molar refractivity (Wildman–Crippen MR) is 64.9 cm³/mol. The molecule has 1 fully saturated rings. The van der Waals surface area contributed by atoms with Crippen LogP contribution in [0.5, 0.6) is 0 Å². The molecule has 1 aliphatic rings. The third-order valence-electron chi connectivity index (χ3n) is 3.00. The molecule has 1 aromatic rings. The van der Waals surface area contributed by atoms with E-state index in [2.05, 4.69) is 33.3 Å². The average molecular weight is 272 g/mol. The monoisotopic (exact) mass is 271 g/mol. The molecule has 0 saturated carbocycles. The highest BCUT2D eigenvalue weighted by Gasteiger charge is 2.23. The minimum Gasteiger partial charge on any atom is -0.309 e. The summed E-state index contributed by atoms with van der Waals surface area (Å²) < 4.78 is 3.23. The second kappa shape index (κ2) is 4.66. The molecule has 1 unspecified atom stereocenters. The van der Waals surface area contributed by atoms with Crippen molar-refractivity contribution in [3.8, 4) is 0 Å². The van der Waals surface area contributed by atoms with Crippen molar-refractivity contribution < 1.29 is 0 Å². The molecular formula is C11H18BrN3. The number of aromatic nitrogens is 2. The maximum absolute atomic E-state index is 4.62. The molecule has 1 N–H and O–H groups in total. The number of nitrogens with zero attached hydrogens (tertiary/aromatic N) is 2. The summed E-state index contributed by atoms with van der Waals surface area (Å²) in [5, 5.41) is 8.11. The van der Waals surface area contributed by atoms with Gasteiger partial charge in [-0.05, 0) is 41.7 Å². The molecule has 0 amide bonds. The smallest absolute Gasteiger partial charge is 0.0938 e. The van der Waals surface area contributed by atoms with Crippen LogP contribution in [0, 0.1) is 0 Å². The van der Waals surface area contributed by atoms with Crippen LogP contribution in [0.4, 0.5) is 0 Å². The van der Waals surface area contributed by atoms with Crippen molar-refractivity contribution in [1.82, 2.24) is 15.1 Å². The van der Waals surface area contributed by atoms with Gasteiger partial charge >= 0.3 is 0 Å². The number of nitrogens with one attached hydrogen (secondary N) is 1. The number of hydrogen-bond acceptors (Lipinski definition) is 2. The van der Waals surface area contributed by atoms with Crippen LogP contribution in [0.1, 0.15) is 43.6 Å². The van der Waals surface area contributed by atoms with Crippen molar-refractivity contribution in [2.45, 2.75) is 38.6 Å². The van der Waals surface area contributed by atoms with E-state index in [1.807, 2.05) is 11.7 Å². The van der Waals surface area contributed by atoms with Gasteiger partial charge in [0.1, 0.15) is 0 Å². The summed E-state index contributed by atoms with van der Waals surface area (Å²) in [5.41, 5.74) is 2.51. The van der Waals surface area contributed by atoms with Gasteiger partial charge in [-0.25, -0.2) is 0 Å². The third kappa shape index (κ3) is 2.11. The van der Waals surface area contributed by atoms with Gasteiger partial charge in [-0.1, -0.05) is 13.3 Å². The van der Waals surface area contributed by atoms with Crippen LogP contribution in [0.2, 0.25) is 0 Å². The molecule has 0 radical (unpaired) electrons. The Hall–Kier alpha value is -0.350. The van der Waals surface area contributed by atoms with Crippen LogP contribution in [-0.2, 0) is 13.5 Å². The summed E-state index contributed by atoms with van der Waals surface area (Å²) in [6, 6.07) is 0.455. The van der Waals surface area contributed by atoms with Crippen molar-refractivity contribution in [3.05, 3.63) is 15.9 Å². The van der Waals surface area contributed by atoms with Gasteiger partial charge in [-0.3, -0.25) is 4.68 Å². The van der Waals surface area contributed by atoms with Gasteiger partial charge in [0, 0.05) is 7.05 Å². The Morgan fingerprint density at radius 3 is 3.00 bits per heavy atom. The Balaban J connectivity index is 2.27. The van der Waals surface area contributed by atoms with Gasteiger partial charge in [0.15, 0.2) is 0 Å². The summed E-state index contributed by atoms with van der Waals surface area (Å²) in [6.45, 7) is 3.32. The van der Waals surface area contributed by atoms with Crippen molar-refractivity contribution in [2.24, 2.45) is 7.05 Å². The van der Waals surface area contributed by atoms with E-state index in [4.69, 9.17) is 0 Å². The SMILES string of the molecule is CCCc1c(Br)c(C2CCCN2)nn1C. The maximum atomic E-state index is 4.62. The molecule has 3 nitrogen and oxygen atoms in total. The summed E-state index contributed by atoms with van der Waals surface area (Å²) in [7, 11) is 2.04. The molecule has 15 heavy (non-hydrogen) atoms. The van der Waals surface area contributed by atoms with Gasteiger partial charge in [-0.15, -0.1) is 0 Å². The minimum absolute atomic E-state index is 0.455. The normalized spacial score (nSPS) is 21.1. The minimum atomic E-state index is 0.455. The molecule has 0 aliphatic carbocycles. The van der Waals surface area contributed by atoms with Crippen molar-refractivity contribution in [1.29, 1.82) is 0 Å². The van der Waals surface area contributed by atoms with Gasteiger partial charge in [-0.2, -0.15) is 5.10 Å². The predicted octanol–water partition coefficient (Wildman–Crippen LogP) is 2.56. The van der Waals surface area contributed by atoms with Crippen LogP contribution in [0.15, 0.2) is 4.47 Å². The van der Waals surface area contributed by atoms with Crippen molar-refractivity contribution in [2.75, 3.05) is 6.54 Å². The Morgan fingerprint density at radius 2 is 2.40 bits per heavy atom. The van der Waals surface area contributed by atoms with Crippen LogP contribution in [-0.4, -0.2) is 16.3 Å². The summed E-state index contributed by atoms with van der Waals surface area (Å²) in [4.78, 5) is 0. The second-order valence-electron chi connectivity index (χ2n) is 4.17. The molecule has 1 aliphatic heterocycles. The summed E-state index contributed by atoms with van der Waals surface area (Å²) in [6.07, 6.45) is 4.73. The second-order valence-corrected chi connectivity index (χ2v) is 4.96. The van der Waals surface area contributed by atoms with Crippen molar-refractivity contribution >= 4 is 15.9 Å². The summed E-state index contributed by atoms with van der Waals surface area (Å²) >= 11 is 3.69. The molecule has 84 valence electrons. The van der Waals surface area contributed by atoms with Crippen LogP contribution < -0.4 is 5.32 Å². The molecule has 1 saturated heterocycles. The number of aryl methyl sites for hydroxylation is 1. The van der Waals surface area contributed by atoms with E-state index in [-0.39, 0.29) is 0 Å². The first-order chi connectivity index (χ1) is 7.24. The first-order valence-corrected chi connectivity index (χ1v) is 6.48. The zero-order chi connectivity index (χ0) is 10.8. The fourth-order valence-electron chi connectivity index (χ4n) is 2.20. The average Bonchev–Trinajstić information content (AvgIpc) is 2.81. The molecule has 1 aromatic heterocycles. The van der Waals surface area contributed by atoms with Crippen LogP contribution in [0.3, 0.4) is 0 Å². The molecule has 1 atom stereocenters. The van der Waals surface area contributed by atoms with E-state index in [0.717, 1.165) is 19.4 Å². The number of rotatable bonds is 3. The largest absolute Gasteiger partial charge is 0.309 e. The first-order valence-electron chi connectivity index (χ1n) is 5.68. The van der Waals surface area contributed by atoms with E-state index in [9.17, 15) is 0 Å². The number of hydrogen-bond donors (Lipinski definition) is 1. The molecule has 2 rings (SSSR count).